The zero-order valence-electron chi connectivity index (χ0n) is 16.0. The molecule has 1 saturated carbocycles. The topological polar surface area (TPSA) is 47.6 Å². The molecule has 1 atom stereocenters. The van der Waals surface area contributed by atoms with Gasteiger partial charge in [-0.25, -0.2) is 0 Å². The minimum Gasteiger partial charge on any atom is -0.497 e. The lowest BCUT2D eigenvalue weighted by Gasteiger charge is -2.19. The number of carbonyl (C=O) groups is 1. The van der Waals surface area contributed by atoms with E-state index in [1.54, 1.807) is 26.4 Å². The van der Waals surface area contributed by atoms with Gasteiger partial charge in [0.15, 0.2) is 0 Å². The van der Waals surface area contributed by atoms with Crippen LogP contribution in [0.5, 0.6) is 11.5 Å². The monoisotopic (exact) mass is 373 g/mol. The average molecular weight is 373 g/mol. The fourth-order valence-electron chi connectivity index (χ4n) is 3.99. The summed E-state index contributed by atoms with van der Waals surface area (Å²) in [5.41, 5.74) is 2.66. The van der Waals surface area contributed by atoms with Crippen LogP contribution in [-0.2, 0) is 10.2 Å². The zero-order valence-corrected chi connectivity index (χ0v) is 16.0. The molecule has 4 heteroatoms. The zero-order chi connectivity index (χ0) is 19.6. The highest BCUT2D eigenvalue weighted by atomic mass is 16.5. The van der Waals surface area contributed by atoms with Crippen molar-refractivity contribution in [2.24, 2.45) is 5.92 Å². The third kappa shape index (κ3) is 3.11. The summed E-state index contributed by atoms with van der Waals surface area (Å²) in [4.78, 5) is 13.2. The van der Waals surface area contributed by atoms with Crippen LogP contribution in [0.3, 0.4) is 0 Å². The molecule has 0 aromatic heterocycles. The van der Waals surface area contributed by atoms with Crippen molar-refractivity contribution in [3.05, 3.63) is 90.0 Å². The van der Waals surface area contributed by atoms with Gasteiger partial charge in [0.2, 0.25) is 5.91 Å². The van der Waals surface area contributed by atoms with E-state index in [-0.39, 0.29) is 17.2 Å². The quantitative estimate of drug-likeness (QED) is 0.684. The molecule has 1 amide bonds. The van der Waals surface area contributed by atoms with Crippen molar-refractivity contribution in [1.29, 1.82) is 0 Å². The van der Waals surface area contributed by atoms with Crippen molar-refractivity contribution < 1.29 is 14.3 Å². The Bertz CT molecular complexity index is 930. The first-order chi connectivity index (χ1) is 13.7. The highest BCUT2D eigenvalue weighted by Crippen LogP contribution is 2.59. The second kappa shape index (κ2) is 7.39. The molecule has 0 spiro atoms. The summed E-state index contributed by atoms with van der Waals surface area (Å²) >= 11 is 0. The van der Waals surface area contributed by atoms with Gasteiger partial charge < -0.3 is 14.8 Å². The van der Waals surface area contributed by atoms with E-state index >= 15 is 0 Å². The van der Waals surface area contributed by atoms with Gasteiger partial charge in [-0.1, -0.05) is 60.7 Å². The number of hydrogen-bond donors (Lipinski definition) is 1. The van der Waals surface area contributed by atoms with Crippen LogP contribution in [0.4, 0.5) is 5.69 Å². The molecule has 1 fully saturated rings. The Kier molecular flexibility index (Phi) is 4.78. The van der Waals surface area contributed by atoms with Gasteiger partial charge in [-0.05, 0) is 29.7 Å². The molecule has 1 aliphatic carbocycles. The lowest BCUT2D eigenvalue weighted by atomic mass is 9.85. The Labute approximate surface area is 165 Å². The van der Waals surface area contributed by atoms with Crippen molar-refractivity contribution in [2.75, 3.05) is 19.5 Å². The summed E-state index contributed by atoms with van der Waals surface area (Å²) in [5, 5.41) is 3.05. The van der Waals surface area contributed by atoms with E-state index in [0.717, 1.165) is 6.42 Å². The van der Waals surface area contributed by atoms with Crippen LogP contribution in [0.2, 0.25) is 0 Å². The third-order valence-electron chi connectivity index (χ3n) is 5.52. The maximum absolute atomic E-state index is 13.2. The van der Waals surface area contributed by atoms with Crippen LogP contribution in [-0.4, -0.2) is 20.1 Å². The van der Waals surface area contributed by atoms with Gasteiger partial charge in [0.1, 0.15) is 11.5 Å². The average Bonchev–Trinajstić information content (AvgIpc) is 3.52. The van der Waals surface area contributed by atoms with E-state index in [2.05, 4.69) is 29.6 Å². The van der Waals surface area contributed by atoms with Gasteiger partial charge in [0, 0.05) is 11.5 Å². The molecule has 0 aliphatic heterocycles. The van der Waals surface area contributed by atoms with E-state index in [1.807, 2.05) is 42.5 Å². The van der Waals surface area contributed by atoms with Crippen LogP contribution in [0.25, 0.3) is 0 Å². The number of nitrogens with one attached hydrogen (secondary N) is 1. The normalized spacial score (nSPS) is 16.9. The second-order valence-electron chi connectivity index (χ2n) is 7.02. The number of anilines is 1. The second-order valence-corrected chi connectivity index (χ2v) is 7.02. The molecular formula is C24H23NO3. The molecule has 0 bridgehead atoms. The molecule has 1 aliphatic rings. The number of hydrogen-bond acceptors (Lipinski definition) is 3. The van der Waals surface area contributed by atoms with Crippen molar-refractivity contribution >= 4 is 11.6 Å². The number of rotatable bonds is 6. The maximum atomic E-state index is 13.2. The standard InChI is InChI=1S/C24H23NO3/c1-27-19-13-14-22(28-2)21(15-19)25-23(26)20-16-24(20,17-9-5-3-6-10-17)18-11-7-4-8-12-18/h3-15,20H,16H2,1-2H3,(H,25,26)/t20-/m1/s1. The van der Waals surface area contributed by atoms with Crippen LogP contribution in [0.1, 0.15) is 17.5 Å². The first kappa shape index (κ1) is 18.1. The van der Waals surface area contributed by atoms with Crippen LogP contribution < -0.4 is 14.8 Å². The summed E-state index contributed by atoms with van der Waals surface area (Å²) in [5.74, 6) is 1.12. The SMILES string of the molecule is COc1ccc(OC)c(NC(=O)[C@H]2CC2(c2ccccc2)c2ccccc2)c1. The maximum Gasteiger partial charge on any atom is 0.228 e. The number of carbonyl (C=O) groups excluding carboxylic acids is 1. The summed E-state index contributed by atoms with van der Waals surface area (Å²) < 4.78 is 10.7. The summed E-state index contributed by atoms with van der Waals surface area (Å²) in [6, 6.07) is 25.9. The molecule has 0 heterocycles. The Morgan fingerprint density at radius 1 is 0.893 bits per heavy atom. The predicted octanol–water partition coefficient (Wildman–Crippen LogP) is 4.65. The van der Waals surface area contributed by atoms with Gasteiger partial charge in [-0.3, -0.25) is 4.79 Å². The van der Waals surface area contributed by atoms with Crippen LogP contribution in [0, 0.1) is 5.92 Å². The van der Waals surface area contributed by atoms with E-state index < -0.39 is 0 Å². The number of benzene rings is 3. The van der Waals surface area contributed by atoms with E-state index in [1.165, 1.54) is 11.1 Å². The lowest BCUT2D eigenvalue weighted by molar-refractivity contribution is -0.117. The molecule has 3 aromatic rings. The molecule has 0 saturated heterocycles. The van der Waals surface area contributed by atoms with Crippen LogP contribution in [0.15, 0.2) is 78.9 Å². The fourth-order valence-corrected chi connectivity index (χ4v) is 3.99. The van der Waals surface area contributed by atoms with Gasteiger partial charge in [-0.2, -0.15) is 0 Å². The van der Waals surface area contributed by atoms with Crippen molar-refractivity contribution in [2.45, 2.75) is 11.8 Å². The van der Waals surface area contributed by atoms with E-state index in [4.69, 9.17) is 9.47 Å². The Balaban J connectivity index is 1.66. The minimum atomic E-state index is -0.293. The van der Waals surface area contributed by atoms with Gasteiger partial charge >= 0.3 is 0 Å². The molecule has 1 N–H and O–H groups in total. The Morgan fingerprint density at radius 2 is 1.50 bits per heavy atom. The van der Waals surface area contributed by atoms with E-state index in [9.17, 15) is 4.79 Å². The summed E-state index contributed by atoms with van der Waals surface area (Å²) in [6.07, 6.45) is 0.777. The first-order valence-corrected chi connectivity index (χ1v) is 9.33. The van der Waals surface area contributed by atoms with Crippen molar-refractivity contribution in [3.8, 4) is 11.5 Å². The molecule has 0 unspecified atom stereocenters. The molecule has 4 rings (SSSR count). The fraction of sp³-hybridized carbons (Fsp3) is 0.208. The number of ether oxygens (including phenoxy) is 2. The largest absolute Gasteiger partial charge is 0.497 e. The molecule has 3 aromatic carbocycles. The highest BCUT2D eigenvalue weighted by Gasteiger charge is 2.60. The molecular weight excluding hydrogens is 350 g/mol. The van der Waals surface area contributed by atoms with Crippen LogP contribution >= 0.6 is 0 Å². The smallest absolute Gasteiger partial charge is 0.228 e. The van der Waals surface area contributed by atoms with Crippen molar-refractivity contribution in [1.82, 2.24) is 0 Å². The van der Waals surface area contributed by atoms with Gasteiger partial charge in [0.25, 0.3) is 0 Å². The minimum absolute atomic E-state index is 0.0146. The number of amides is 1. The number of methoxy groups -OCH3 is 2. The predicted molar refractivity (Wildman–Crippen MR) is 110 cm³/mol. The van der Waals surface area contributed by atoms with Crippen molar-refractivity contribution in [3.63, 3.8) is 0 Å². The third-order valence-corrected chi connectivity index (χ3v) is 5.52. The van der Waals surface area contributed by atoms with Gasteiger partial charge in [-0.15, -0.1) is 0 Å². The van der Waals surface area contributed by atoms with Gasteiger partial charge in [0.05, 0.1) is 25.8 Å². The summed E-state index contributed by atoms with van der Waals surface area (Å²) in [6.45, 7) is 0. The molecule has 142 valence electrons. The highest BCUT2D eigenvalue weighted by molar-refractivity contribution is 5.98. The first-order valence-electron chi connectivity index (χ1n) is 9.33. The Hall–Kier alpha value is -3.27. The summed E-state index contributed by atoms with van der Waals surface area (Å²) in [7, 11) is 3.19. The molecule has 4 nitrogen and oxygen atoms in total. The Morgan fingerprint density at radius 3 is 2.04 bits per heavy atom. The van der Waals surface area contributed by atoms with E-state index in [0.29, 0.717) is 17.2 Å². The lowest BCUT2D eigenvalue weighted by Crippen LogP contribution is -2.22. The molecule has 0 radical (unpaired) electrons. The molecule has 28 heavy (non-hydrogen) atoms.